The van der Waals surface area contributed by atoms with Crippen molar-refractivity contribution in [1.82, 2.24) is 9.80 Å². The van der Waals surface area contributed by atoms with Gasteiger partial charge in [0.15, 0.2) is 0 Å². The van der Waals surface area contributed by atoms with Crippen molar-refractivity contribution in [2.24, 2.45) is 0 Å². The third-order valence-corrected chi connectivity index (χ3v) is 5.63. The third-order valence-electron chi connectivity index (χ3n) is 5.63. The normalized spacial score (nSPS) is 18.2. The highest BCUT2D eigenvalue weighted by atomic mass is 16.5. The highest BCUT2D eigenvalue weighted by molar-refractivity contribution is 5.99. The molecule has 0 aliphatic carbocycles. The van der Waals surface area contributed by atoms with Crippen molar-refractivity contribution in [3.05, 3.63) is 65.2 Å². The maximum absolute atomic E-state index is 12.9. The van der Waals surface area contributed by atoms with Crippen LogP contribution in [0, 0.1) is 0 Å². The number of likely N-dealkylation sites (tertiary alicyclic amines) is 1. The van der Waals surface area contributed by atoms with Crippen LogP contribution in [0.15, 0.2) is 48.5 Å². The van der Waals surface area contributed by atoms with Gasteiger partial charge in [0.05, 0.1) is 0 Å². The molecule has 0 radical (unpaired) electrons. The van der Waals surface area contributed by atoms with Crippen molar-refractivity contribution in [1.29, 1.82) is 0 Å². The number of anilines is 1. The first-order valence-corrected chi connectivity index (χ1v) is 10.2. The SMILES string of the molecule is COCCCN1C(=O)c2ccccc2[C@H]1Nc1ccc(C(=O)N2CCCC2)cc1. The molecule has 1 fully saturated rings. The highest BCUT2D eigenvalue weighted by Crippen LogP contribution is 2.34. The minimum atomic E-state index is -0.226. The Hall–Kier alpha value is -2.86. The standard InChI is InChI=1S/C23H27N3O3/c1-29-16-6-15-26-21(19-7-2-3-8-20(19)23(26)28)24-18-11-9-17(10-12-18)22(27)25-13-4-5-14-25/h2-3,7-12,21,24H,4-6,13-16H2,1H3/t21-/m0/s1. The summed E-state index contributed by atoms with van der Waals surface area (Å²) < 4.78 is 5.15. The van der Waals surface area contributed by atoms with E-state index in [-0.39, 0.29) is 18.0 Å². The first kappa shape index (κ1) is 19.5. The Balaban J connectivity index is 1.51. The minimum Gasteiger partial charge on any atom is -0.385 e. The average Bonchev–Trinajstić information content (AvgIpc) is 3.38. The van der Waals surface area contributed by atoms with Gasteiger partial charge in [0, 0.05) is 55.7 Å². The molecule has 2 aromatic carbocycles. The van der Waals surface area contributed by atoms with Gasteiger partial charge >= 0.3 is 0 Å². The van der Waals surface area contributed by atoms with Crippen molar-refractivity contribution >= 4 is 17.5 Å². The Labute approximate surface area is 171 Å². The molecule has 0 saturated carbocycles. The molecule has 1 saturated heterocycles. The summed E-state index contributed by atoms with van der Waals surface area (Å²) >= 11 is 0. The molecule has 152 valence electrons. The number of carbonyl (C=O) groups excluding carboxylic acids is 2. The predicted octanol–water partition coefficient (Wildman–Crippen LogP) is 3.53. The molecule has 4 rings (SSSR count). The molecular weight excluding hydrogens is 366 g/mol. The van der Waals surface area contributed by atoms with E-state index >= 15 is 0 Å². The molecule has 2 amide bonds. The van der Waals surface area contributed by atoms with Crippen LogP contribution in [0.2, 0.25) is 0 Å². The van der Waals surface area contributed by atoms with Gasteiger partial charge in [-0.3, -0.25) is 9.59 Å². The molecular formula is C23H27N3O3. The number of rotatable bonds is 7. The Morgan fingerprint density at radius 2 is 1.83 bits per heavy atom. The molecule has 1 N–H and O–H groups in total. The minimum absolute atomic E-state index is 0.0371. The number of nitrogens with zero attached hydrogens (tertiary/aromatic N) is 2. The van der Waals surface area contributed by atoms with Crippen LogP contribution >= 0.6 is 0 Å². The van der Waals surface area contributed by atoms with Crippen LogP contribution < -0.4 is 5.32 Å². The maximum atomic E-state index is 12.9. The summed E-state index contributed by atoms with van der Waals surface area (Å²) in [6, 6.07) is 15.3. The van der Waals surface area contributed by atoms with Gasteiger partial charge in [0.25, 0.3) is 11.8 Å². The number of carbonyl (C=O) groups is 2. The van der Waals surface area contributed by atoms with E-state index in [9.17, 15) is 9.59 Å². The lowest BCUT2D eigenvalue weighted by atomic mass is 10.1. The zero-order chi connectivity index (χ0) is 20.2. The molecule has 0 aromatic heterocycles. The molecule has 2 aliphatic rings. The second kappa shape index (κ2) is 8.66. The maximum Gasteiger partial charge on any atom is 0.256 e. The summed E-state index contributed by atoms with van der Waals surface area (Å²) in [4.78, 5) is 29.2. The summed E-state index contributed by atoms with van der Waals surface area (Å²) in [7, 11) is 1.67. The Kier molecular flexibility index (Phi) is 5.81. The van der Waals surface area contributed by atoms with Crippen molar-refractivity contribution in [2.45, 2.75) is 25.4 Å². The van der Waals surface area contributed by atoms with Gasteiger partial charge in [-0.15, -0.1) is 0 Å². The zero-order valence-electron chi connectivity index (χ0n) is 16.8. The molecule has 0 unspecified atom stereocenters. The number of ether oxygens (including phenoxy) is 1. The van der Waals surface area contributed by atoms with Crippen molar-refractivity contribution in [3.63, 3.8) is 0 Å². The summed E-state index contributed by atoms with van der Waals surface area (Å²) in [6.45, 7) is 2.91. The molecule has 2 aliphatic heterocycles. The van der Waals surface area contributed by atoms with Crippen LogP contribution in [-0.4, -0.2) is 55.0 Å². The van der Waals surface area contributed by atoms with Gasteiger partial charge in [-0.2, -0.15) is 0 Å². The van der Waals surface area contributed by atoms with E-state index in [0.29, 0.717) is 18.7 Å². The van der Waals surface area contributed by atoms with E-state index in [1.165, 1.54) is 0 Å². The highest BCUT2D eigenvalue weighted by Gasteiger charge is 2.36. The van der Waals surface area contributed by atoms with Crippen LogP contribution in [0.3, 0.4) is 0 Å². The molecule has 6 nitrogen and oxygen atoms in total. The summed E-state index contributed by atoms with van der Waals surface area (Å²) in [5.41, 5.74) is 3.31. The fraction of sp³-hybridized carbons (Fsp3) is 0.391. The van der Waals surface area contributed by atoms with Crippen LogP contribution in [0.4, 0.5) is 5.69 Å². The van der Waals surface area contributed by atoms with Gasteiger partial charge in [0.2, 0.25) is 0 Å². The van der Waals surface area contributed by atoms with Crippen molar-refractivity contribution in [2.75, 3.05) is 38.7 Å². The largest absolute Gasteiger partial charge is 0.385 e. The smallest absolute Gasteiger partial charge is 0.256 e. The lowest BCUT2D eigenvalue weighted by Gasteiger charge is -2.27. The Morgan fingerprint density at radius 3 is 2.55 bits per heavy atom. The molecule has 1 atom stereocenters. The van der Waals surface area contributed by atoms with E-state index < -0.39 is 0 Å². The Morgan fingerprint density at radius 1 is 1.10 bits per heavy atom. The fourth-order valence-electron chi connectivity index (χ4n) is 4.11. The van der Waals surface area contributed by atoms with E-state index in [2.05, 4.69) is 5.32 Å². The topological polar surface area (TPSA) is 61.9 Å². The molecule has 0 spiro atoms. The van der Waals surface area contributed by atoms with Crippen molar-refractivity contribution in [3.8, 4) is 0 Å². The third kappa shape index (κ3) is 3.98. The predicted molar refractivity (Wildman–Crippen MR) is 112 cm³/mol. The number of amides is 2. The van der Waals surface area contributed by atoms with Crippen LogP contribution in [0.25, 0.3) is 0 Å². The van der Waals surface area contributed by atoms with E-state index in [4.69, 9.17) is 4.74 Å². The quantitative estimate of drug-likeness (QED) is 0.731. The number of hydrogen-bond acceptors (Lipinski definition) is 4. The number of fused-ring (bicyclic) bond motifs is 1. The average molecular weight is 393 g/mol. The molecule has 2 aromatic rings. The summed E-state index contributed by atoms with van der Waals surface area (Å²) in [5.74, 6) is 0.131. The fourth-order valence-corrected chi connectivity index (χ4v) is 4.11. The summed E-state index contributed by atoms with van der Waals surface area (Å²) in [6.07, 6.45) is 2.71. The van der Waals surface area contributed by atoms with Gasteiger partial charge in [-0.05, 0) is 49.6 Å². The molecule has 0 bridgehead atoms. The number of hydrogen-bond donors (Lipinski definition) is 1. The second-order valence-electron chi connectivity index (χ2n) is 7.56. The van der Waals surface area contributed by atoms with E-state index in [0.717, 1.165) is 49.2 Å². The van der Waals surface area contributed by atoms with Gasteiger partial charge in [-0.1, -0.05) is 18.2 Å². The molecule has 6 heteroatoms. The van der Waals surface area contributed by atoms with Gasteiger partial charge in [0.1, 0.15) is 6.17 Å². The Bertz CT molecular complexity index is 875. The van der Waals surface area contributed by atoms with E-state index in [1.807, 2.05) is 58.3 Å². The lowest BCUT2D eigenvalue weighted by Crippen LogP contribution is -2.33. The van der Waals surface area contributed by atoms with Gasteiger partial charge < -0.3 is 19.9 Å². The first-order valence-electron chi connectivity index (χ1n) is 10.2. The van der Waals surface area contributed by atoms with E-state index in [1.54, 1.807) is 7.11 Å². The number of benzene rings is 2. The molecule has 29 heavy (non-hydrogen) atoms. The van der Waals surface area contributed by atoms with Crippen LogP contribution in [0.1, 0.15) is 51.7 Å². The van der Waals surface area contributed by atoms with Gasteiger partial charge in [-0.25, -0.2) is 0 Å². The number of nitrogens with one attached hydrogen (secondary N) is 1. The summed E-state index contributed by atoms with van der Waals surface area (Å²) in [5, 5.41) is 3.48. The van der Waals surface area contributed by atoms with Crippen molar-refractivity contribution < 1.29 is 14.3 Å². The second-order valence-corrected chi connectivity index (χ2v) is 7.56. The lowest BCUT2D eigenvalue weighted by molar-refractivity contribution is 0.0721. The first-order chi connectivity index (χ1) is 14.2. The molecule has 2 heterocycles. The monoisotopic (exact) mass is 393 g/mol. The van der Waals surface area contributed by atoms with Crippen LogP contribution in [-0.2, 0) is 4.74 Å². The zero-order valence-corrected chi connectivity index (χ0v) is 16.8. The number of methoxy groups -OCH3 is 1. The van der Waals surface area contributed by atoms with Crippen LogP contribution in [0.5, 0.6) is 0 Å².